The summed E-state index contributed by atoms with van der Waals surface area (Å²) < 4.78 is 4.76. The SMILES string of the molecule is COC(=O)c1cc(N)cnc1NCC1CCN(C)CC1. The first-order chi connectivity index (χ1) is 9.60. The number of pyridine rings is 1. The van der Waals surface area contributed by atoms with Crippen LogP contribution in [0.2, 0.25) is 0 Å². The summed E-state index contributed by atoms with van der Waals surface area (Å²) in [5.41, 5.74) is 6.51. The largest absolute Gasteiger partial charge is 0.465 e. The van der Waals surface area contributed by atoms with Crippen molar-refractivity contribution in [3.8, 4) is 0 Å². The minimum Gasteiger partial charge on any atom is -0.465 e. The molecule has 1 aliphatic heterocycles. The van der Waals surface area contributed by atoms with E-state index in [4.69, 9.17) is 10.5 Å². The fraction of sp³-hybridized carbons (Fsp3) is 0.571. The van der Waals surface area contributed by atoms with Crippen LogP contribution in [0.4, 0.5) is 11.5 Å². The van der Waals surface area contributed by atoms with Crippen LogP contribution < -0.4 is 11.1 Å². The first-order valence-electron chi connectivity index (χ1n) is 6.86. The minimum atomic E-state index is -0.421. The van der Waals surface area contributed by atoms with E-state index in [0.717, 1.165) is 32.5 Å². The normalized spacial score (nSPS) is 16.9. The molecule has 0 saturated carbocycles. The van der Waals surface area contributed by atoms with Gasteiger partial charge in [-0.15, -0.1) is 0 Å². The van der Waals surface area contributed by atoms with Crippen molar-refractivity contribution in [1.29, 1.82) is 0 Å². The van der Waals surface area contributed by atoms with Gasteiger partial charge in [0, 0.05) is 6.54 Å². The molecule has 6 heteroatoms. The van der Waals surface area contributed by atoms with E-state index in [-0.39, 0.29) is 0 Å². The molecule has 0 atom stereocenters. The quantitative estimate of drug-likeness (QED) is 0.806. The van der Waals surface area contributed by atoms with Crippen LogP contribution in [0.5, 0.6) is 0 Å². The second kappa shape index (κ2) is 6.56. The molecular formula is C14H22N4O2. The molecule has 0 aromatic carbocycles. The third-order valence-corrected chi connectivity index (χ3v) is 3.71. The summed E-state index contributed by atoms with van der Waals surface area (Å²) in [5.74, 6) is 0.733. The number of esters is 1. The number of methoxy groups -OCH3 is 1. The van der Waals surface area contributed by atoms with Crippen molar-refractivity contribution in [2.24, 2.45) is 5.92 Å². The van der Waals surface area contributed by atoms with E-state index in [2.05, 4.69) is 22.2 Å². The predicted octanol–water partition coefficient (Wildman–Crippen LogP) is 1.20. The van der Waals surface area contributed by atoms with Crippen LogP contribution in [-0.4, -0.2) is 49.6 Å². The molecule has 2 heterocycles. The number of nitrogens with zero attached hydrogens (tertiary/aromatic N) is 2. The molecule has 0 unspecified atom stereocenters. The van der Waals surface area contributed by atoms with E-state index in [1.54, 1.807) is 12.3 Å². The zero-order chi connectivity index (χ0) is 14.5. The maximum atomic E-state index is 11.7. The second-order valence-corrected chi connectivity index (χ2v) is 5.28. The molecule has 20 heavy (non-hydrogen) atoms. The number of likely N-dealkylation sites (tertiary alicyclic amines) is 1. The molecule has 0 radical (unpaired) electrons. The Morgan fingerprint density at radius 1 is 1.55 bits per heavy atom. The molecule has 3 N–H and O–H groups in total. The summed E-state index contributed by atoms with van der Waals surface area (Å²) in [6, 6.07) is 1.59. The first kappa shape index (κ1) is 14.6. The van der Waals surface area contributed by atoms with E-state index in [9.17, 15) is 4.79 Å². The molecule has 1 fully saturated rings. The van der Waals surface area contributed by atoms with Crippen LogP contribution >= 0.6 is 0 Å². The highest BCUT2D eigenvalue weighted by Crippen LogP contribution is 2.20. The monoisotopic (exact) mass is 278 g/mol. The first-order valence-corrected chi connectivity index (χ1v) is 6.86. The number of carbonyl (C=O) groups excluding carboxylic acids is 1. The summed E-state index contributed by atoms with van der Waals surface area (Å²) in [5, 5.41) is 3.25. The van der Waals surface area contributed by atoms with Crippen molar-refractivity contribution in [2.45, 2.75) is 12.8 Å². The predicted molar refractivity (Wildman–Crippen MR) is 78.7 cm³/mol. The van der Waals surface area contributed by atoms with E-state index < -0.39 is 5.97 Å². The second-order valence-electron chi connectivity index (χ2n) is 5.28. The van der Waals surface area contributed by atoms with E-state index in [1.807, 2.05) is 0 Å². The van der Waals surface area contributed by atoms with Gasteiger partial charge in [0.2, 0.25) is 0 Å². The fourth-order valence-corrected chi connectivity index (χ4v) is 2.39. The Kier molecular flexibility index (Phi) is 4.79. The molecule has 0 amide bonds. The number of rotatable bonds is 4. The molecule has 1 aromatic rings. The van der Waals surface area contributed by atoms with Crippen molar-refractivity contribution >= 4 is 17.5 Å². The third kappa shape index (κ3) is 3.60. The smallest absolute Gasteiger partial charge is 0.341 e. The summed E-state index contributed by atoms with van der Waals surface area (Å²) in [4.78, 5) is 18.2. The number of nitrogen functional groups attached to an aromatic ring is 1. The Morgan fingerprint density at radius 3 is 2.90 bits per heavy atom. The molecule has 1 aliphatic rings. The molecule has 1 saturated heterocycles. The van der Waals surface area contributed by atoms with Crippen molar-refractivity contribution in [3.05, 3.63) is 17.8 Å². The van der Waals surface area contributed by atoms with Crippen molar-refractivity contribution in [2.75, 3.05) is 44.8 Å². The average molecular weight is 278 g/mol. The Labute approximate surface area is 119 Å². The number of aromatic nitrogens is 1. The third-order valence-electron chi connectivity index (χ3n) is 3.71. The van der Waals surface area contributed by atoms with Crippen molar-refractivity contribution in [1.82, 2.24) is 9.88 Å². The molecule has 1 aromatic heterocycles. The lowest BCUT2D eigenvalue weighted by atomic mass is 9.97. The Hall–Kier alpha value is -1.82. The van der Waals surface area contributed by atoms with Gasteiger partial charge in [-0.1, -0.05) is 0 Å². The number of nitrogens with one attached hydrogen (secondary N) is 1. The van der Waals surface area contributed by atoms with Gasteiger partial charge >= 0.3 is 5.97 Å². The van der Waals surface area contributed by atoms with Crippen LogP contribution in [-0.2, 0) is 4.74 Å². The van der Waals surface area contributed by atoms with Gasteiger partial charge in [-0.05, 0) is 45.0 Å². The van der Waals surface area contributed by atoms with Gasteiger partial charge in [-0.25, -0.2) is 9.78 Å². The van der Waals surface area contributed by atoms with Crippen LogP contribution in [0.15, 0.2) is 12.3 Å². The number of carbonyl (C=O) groups is 1. The van der Waals surface area contributed by atoms with E-state index in [1.165, 1.54) is 7.11 Å². The lowest BCUT2D eigenvalue weighted by Crippen LogP contribution is -2.33. The lowest BCUT2D eigenvalue weighted by molar-refractivity contribution is 0.0601. The Bertz CT molecular complexity index is 470. The van der Waals surface area contributed by atoms with Crippen LogP contribution in [0.3, 0.4) is 0 Å². The summed E-state index contributed by atoms with van der Waals surface area (Å²) in [7, 11) is 3.49. The molecule has 0 aliphatic carbocycles. The van der Waals surface area contributed by atoms with Gasteiger partial charge in [0.15, 0.2) is 0 Å². The minimum absolute atomic E-state index is 0.389. The van der Waals surface area contributed by atoms with Crippen LogP contribution in [0.1, 0.15) is 23.2 Å². The fourth-order valence-electron chi connectivity index (χ4n) is 2.39. The highest BCUT2D eigenvalue weighted by Gasteiger charge is 2.18. The molecule has 0 spiro atoms. The zero-order valence-corrected chi connectivity index (χ0v) is 12.1. The topological polar surface area (TPSA) is 80.5 Å². The number of ether oxygens (including phenoxy) is 1. The van der Waals surface area contributed by atoms with Gasteiger partial charge in [-0.2, -0.15) is 0 Å². The summed E-state index contributed by atoms with van der Waals surface area (Å²) in [6.45, 7) is 3.05. The summed E-state index contributed by atoms with van der Waals surface area (Å²) in [6.07, 6.45) is 3.86. The highest BCUT2D eigenvalue weighted by atomic mass is 16.5. The Balaban J connectivity index is 2.00. The molecular weight excluding hydrogens is 256 g/mol. The lowest BCUT2D eigenvalue weighted by Gasteiger charge is -2.29. The Morgan fingerprint density at radius 2 is 2.25 bits per heavy atom. The standard InChI is InChI=1S/C14H22N4O2/c1-18-5-3-10(4-6-18)8-16-13-12(14(19)20-2)7-11(15)9-17-13/h7,9-10H,3-6,8,15H2,1-2H3,(H,16,17). The molecule has 0 bridgehead atoms. The van der Waals surface area contributed by atoms with Gasteiger partial charge < -0.3 is 20.7 Å². The maximum absolute atomic E-state index is 11.7. The maximum Gasteiger partial charge on any atom is 0.341 e. The number of piperidine rings is 1. The van der Waals surface area contributed by atoms with Gasteiger partial charge in [0.1, 0.15) is 11.4 Å². The van der Waals surface area contributed by atoms with Gasteiger partial charge in [0.25, 0.3) is 0 Å². The number of hydrogen-bond donors (Lipinski definition) is 2. The summed E-state index contributed by atoms with van der Waals surface area (Å²) >= 11 is 0. The van der Waals surface area contributed by atoms with Crippen LogP contribution in [0, 0.1) is 5.92 Å². The molecule has 2 rings (SSSR count). The number of anilines is 2. The van der Waals surface area contributed by atoms with Crippen molar-refractivity contribution in [3.63, 3.8) is 0 Å². The highest BCUT2D eigenvalue weighted by molar-refractivity contribution is 5.95. The van der Waals surface area contributed by atoms with E-state index >= 15 is 0 Å². The van der Waals surface area contributed by atoms with Gasteiger partial charge in [0.05, 0.1) is 19.0 Å². The molecule has 6 nitrogen and oxygen atoms in total. The van der Waals surface area contributed by atoms with Crippen LogP contribution in [0.25, 0.3) is 0 Å². The zero-order valence-electron chi connectivity index (χ0n) is 12.1. The average Bonchev–Trinajstić information content (AvgIpc) is 2.46. The van der Waals surface area contributed by atoms with Gasteiger partial charge in [-0.3, -0.25) is 0 Å². The van der Waals surface area contributed by atoms with Crippen molar-refractivity contribution < 1.29 is 9.53 Å². The van der Waals surface area contributed by atoms with E-state index in [0.29, 0.717) is 23.0 Å². The number of nitrogens with two attached hydrogens (primary N) is 1. The number of hydrogen-bond acceptors (Lipinski definition) is 6. The molecule has 110 valence electrons.